The zero-order chi connectivity index (χ0) is 17.5. The van der Waals surface area contributed by atoms with Gasteiger partial charge in [0.2, 0.25) is 0 Å². The Morgan fingerprint density at radius 1 is 1.12 bits per heavy atom. The van der Waals surface area contributed by atoms with Gasteiger partial charge in [-0.2, -0.15) is 0 Å². The first-order valence-corrected chi connectivity index (χ1v) is 10.4. The molecule has 4 nitrogen and oxygen atoms in total. The number of nitrogens with zero attached hydrogens (tertiary/aromatic N) is 2. The van der Waals surface area contributed by atoms with Crippen LogP contribution in [-0.4, -0.2) is 21.4 Å². The molecular weight excluding hydrogens is 362 g/mol. The third-order valence-electron chi connectivity index (χ3n) is 4.86. The summed E-state index contributed by atoms with van der Waals surface area (Å²) >= 11 is 3.20. The molecule has 1 aliphatic heterocycles. The van der Waals surface area contributed by atoms with Crippen molar-refractivity contribution in [2.24, 2.45) is 0 Å². The van der Waals surface area contributed by atoms with Crippen molar-refractivity contribution >= 4 is 32.9 Å². The smallest absolute Gasteiger partial charge is 0.260 e. The van der Waals surface area contributed by atoms with Crippen LogP contribution >= 0.6 is 22.7 Å². The van der Waals surface area contributed by atoms with E-state index in [4.69, 9.17) is 4.98 Å². The Morgan fingerprint density at radius 3 is 2.85 bits per heavy atom. The van der Waals surface area contributed by atoms with E-state index in [1.165, 1.54) is 11.1 Å². The number of nitrogens with one attached hydrogen (secondary N) is 1. The highest BCUT2D eigenvalue weighted by molar-refractivity contribution is 7.18. The monoisotopic (exact) mass is 379 g/mol. The van der Waals surface area contributed by atoms with E-state index < -0.39 is 0 Å². The summed E-state index contributed by atoms with van der Waals surface area (Å²) in [5.74, 6) is 0.751. The number of hydrogen-bond acceptors (Lipinski definition) is 5. The maximum atomic E-state index is 12.7. The van der Waals surface area contributed by atoms with Crippen LogP contribution in [0.2, 0.25) is 0 Å². The Bertz CT molecular complexity index is 1130. The van der Waals surface area contributed by atoms with Gasteiger partial charge in [0.25, 0.3) is 5.56 Å². The number of fused-ring (bicyclic) bond motifs is 2. The summed E-state index contributed by atoms with van der Waals surface area (Å²) in [7, 11) is 0. The molecule has 0 spiro atoms. The van der Waals surface area contributed by atoms with Crippen LogP contribution in [0.4, 0.5) is 0 Å². The molecule has 5 rings (SSSR count). The third kappa shape index (κ3) is 2.80. The number of hydrogen-bond donors (Lipinski definition) is 1. The van der Waals surface area contributed by atoms with E-state index in [2.05, 4.69) is 34.1 Å². The van der Waals surface area contributed by atoms with Gasteiger partial charge < -0.3 is 4.98 Å². The summed E-state index contributed by atoms with van der Waals surface area (Å²) in [6.07, 6.45) is 1.05. The highest BCUT2D eigenvalue weighted by atomic mass is 32.1. The fraction of sp³-hybridized carbons (Fsp3) is 0.200. The van der Waals surface area contributed by atoms with Gasteiger partial charge in [-0.15, -0.1) is 22.7 Å². The van der Waals surface area contributed by atoms with Gasteiger partial charge in [0.15, 0.2) is 0 Å². The van der Waals surface area contributed by atoms with Gasteiger partial charge in [-0.05, 0) is 29.0 Å². The number of aromatic nitrogens is 2. The molecule has 0 saturated heterocycles. The van der Waals surface area contributed by atoms with Crippen LogP contribution in [-0.2, 0) is 19.5 Å². The van der Waals surface area contributed by atoms with Gasteiger partial charge in [-0.1, -0.05) is 30.3 Å². The molecule has 0 atom stereocenters. The zero-order valence-corrected chi connectivity index (χ0v) is 15.7. The first kappa shape index (κ1) is 15.9. The van der Waals surface area contributed by atoms with Crippen LogP contribution in [0.25, 0.3) is 20.7 Å². The fourth-order valence-electron chi connectivity index (χ4n) is 3.58. The van der Waals surface area contributed by atoms with E-state index in [9.17, 15) is 4.79 Å². The van der Waals surface area contributed by atoms with Crippen LogP contribution in [0.3, 0.4) is 0 Å². The fourth-order valence-corrected chi connectivity index (χ4v) is 5.36. The quantitative estimate of drug-likeness (QED) is 0.578. The van der Waals surface area contributed by atoms with Gasteiger partial charge in [0.1, 0.15) is 10.7 Å². The summed E-state index contributed by atoms with van der Waals surface area (Å²) < 4.78 is 0. The summed E-state index contributed by atoms with van der Waals surface area (Å²) in [6.45, 7) is 2.57. The van der Waals surface area contributed by atoms with Crippen molar-refractivity contribution in [2.75, 3.05) is 6.54 Å². The minimum absolute atomic E-state index is 0.0351. The van der Waals surface area contributed by atoms with E-state index in [0.29, 0.717) is 11.9 Å². The molecule has 130 valence electrons. The summed E-state index contributed by atoms with van der Waals surface area (Å²) in [6, 6.07) is 12.6. The Hall–Kier alpha value is -2.28. The Balaban J connectivity index is 1.45. The lowest BCUT2D eigenvalue weighted by Gasteiger charge is -2.28. The van der Waals surface area contributed by atoms with E-state index in [1.807, 2.05) is 22.9 Å². The molecule has 3 aromatic heterocycles. The third-order valence-corrected chi connectivity index (χ3v) is 6.64. The first-order valence-electron chi connectivity index (χ1n) is 8.61. The van der Waals surface area contributed by atoms with Gasteiger partial charge >= 0.3 is 0 Å². The number of aromatic amines is 1. The van der Waals surface area contributed by atoms with Crippen LogP contribution in [0.5, 0.6) is 0 Å². The van der Waals surface area contributed by atoms with Crippen molar-refractivity contribution in [1.82, 2.24) is 14.9 Å². The highest BCUT2D eigenvalue weighted by Gasteiger charge is 2.18. The van der Waals surface area contributed by atoms with Crippen LogP contribution in [0.1, 0.15) is 17.0 Å². The maximum Gasteiger partial charge on any atom is 0.260 e. The molecule has 0 saturated carbocycles. The van der Waals surface area contributed by atoms with Crippen LogP contribution in [0.15, 0.2) is 52.0 Å². The lowest BCUT2D eigenvalue weighted by Crippen LogP contribution is -2.31. The molecule has 6 heteroatoms. The predicted octanol–water partition coefficient (Wildman–Crippen LogP) is 4.27. The second-order valence-corrected chi connectivity index (χ2v) is 8.35. The molecule has 1 aliphatic rings. The Morgan fingerprint density at radius 2 is 2.00 bits per heavy atom. The zero-order valence-electron chi connectivity index (χ0n) is 14.1. The second-order valence-electron chi connectivity index (χ2n) is 6.55. The molecule has 0 amide bonds. The average molecular weight is 380 g/mol. The maximum absolute atomic E-state index is 12.7. The molecule has 1 aromatic carbocycles. The normalized spacial score (nSPS) is 14.6. The lowest BCUT2D eigenvalue weighted by atomic mass is 10.00. The molecule has 0 unspecified atom stereocenters. The summed E-state index contributed by atoms with van der Waals surface area (Å²) in [5.41, 5.74) is 3.76. The van der Waals surface area contributed by atoms with E-state index in [1.54, 1.807) is 22.7 Å². The van der Waals surface area contributed by atoms with Crippen molar-refractivity contribution in [2.45, 2.75) is 19.5 Å². The minimum atomic E-state index is -0.0351. The number of rotatable bonds is 3. The van der Waals surface area contributed by atoms with Gasteiger partial charge in [-0.3, -0.25) is 9.69 Å². The minimum Gasteiger partial charge on any atom is -0.309 e. The lowest BCUT2D eigenvalue weighted by molar-refractivity contribution is 0.239. The molecule has 26 heavy (non-hydrogen) atoms. The highest BCUT2D eigenvalue weighted by Crippen LogP contribution is 2.33. The summed E-state index contributed by atoms with van der Waals surface area (Å²) in [5, 5.41) is 4.79. The molecule has 1 N–H and O–H groups in total. The van der Waals surface area contributed by atoms with Gasteiger partial charge in [0, 0.05) is 28.9 Å². The first-order chi connectivity index (χ1) is 12.8. The standard InChI is InChI=1S/C20H17N3OS2/c24-19-18-15(16-6-3-9-25-16)12-26-20(18)22-17(21-19)11-23-8-7-13-4-1-2-5-14(13)10-23/h1-6,9,12H,7-8,10-11H2,(H,21,22,24). The van der Waals surface area contributed by atoms with Gasteiger partial charge in [-0.25, -0.2) is 4.98 Å². The summed E-state index contributed by atoms with van der Waals surface area (Å²) in [4.78, 5) is 24.8. The van der Waals surface area contributed by atoms with E-state index in [-0.39, 0.29) is 5.56 Å². The molecule has 0 fully saturated rings. The molecular formula is C20H17N3OS2. The largest absolute Gasteiger partial charge is 0.309 e. The molecule has 0 radical (unpaired) electrons. The van der Waals surface area contributed by atoms with Crippen molar-refractivity contribution in [1.29, 1.82) is 0 Å². The van der Waals surface area contributed by atoms with E-state index >= 15 is 0 Å². The van der Waals surface area contributed by atoms with Crippen molar-refractivity contribution in [3.05, 3.63) is 74.5 Å². The van der Waals surface area contributed by atoms with Crippen molar-refractivity contribution in [3.8, 4) is 10.4 Å². The van der Waals surface area contributed by atoms with Crippen molar-refractivity contribution < 1.29 is 0 Å². The number of H-pyrrole nitrogens is 1. The second kappa shape index (κ2) is 6.46. The molecule has 0 bridgehead atoms. The van der Waals surface area contributed by atoms with Gasteiger partial charge in [0.05, 0.1) is 11.9 Å². The molecule has 4 aromatic rings. The number of benzene rings is 1. The van der Waals surface area contributed by atoms with Crippen LogP contribution < -0.4 is 5.56 Å². The molecule has 4 heterocycles. The number of thiophene rings is 2. The van der Waals surface area contributed by atoms with Crippen molar-refractivity contribution in [3.63, 3.8) is 0 Å². The molecule has 0 aliphatic carbocycles. The van der Waals surface area contributed by atoms with E-state index in [0.717, 1.165) is 40.6 Å². The SMILES string of the molecule is O=c1[nH]c(CN2CCc3ccccc3C2)nc2scc(-c3cccs3)c12. The average Bonchev–Trinajstić information content (AvgIpc) is 3.31. The topological polar surface area (TPSA) is 49.0 Å². The predicted molar refractivity (Wildman–Crippen MR) is 108 cm³/mol. The Labute approximate surface area is 158 Å². The van der Waals surface area contributed by atoms with Crippen LogP contribution in [0, 0.1) is 0 Å². The Kier molecular flexibility index (Phi) is 3.96.